The number of nitrogens with one attached hydrogen (secondary N) is 2. The van der Waals surface area contributed by atoms with Crippen molar-refractivity contribution in [2.45, 2.75) is 20.8 Å². The van der Waals surface area contributed by atoms with Crippen LogP contribution in [0.25, 0.3) is 0 Å². The van der Waals surface area contributed by atoms with E-state index in [4.69, 9.17) is 0 Å². The summed E-state index contributed by atoms with van der Waals surface area (Å²) in [6, 6.07) is 4.74. The van der Waals surface area contributed by atoms with Gasteiger partial charge in [-0.05, 0) is 44.0 Å². The first-order valence-electron chi connectivity index (χ1n) is 6.86. The SMILES string of the molecule is CONC(=O)c1c(Nc2ccc(C)cc2F)sc(C(C)=O)c1C. The number of aryl methyl sites for hydroxylation is 1. The fourth-order valence-electron chi connectivity index (χ4n) is 2.20. The molecule has 122 valence electrons. The molecule has 1 aromatic carbocycles. The molecule has 0 aliphatic carbocycles. The molecule has 5 nitrogen and oxygen atoms in total. The maximum absolute atomic E-state index is 14.0. The maximum Gasteiger partial charge on any atom is 0.278 e. The van der Waals surface area contributed by atoms with E-state index in [1.54, 1.807) is 26.0 Å². The molecule has 1 aromatic heterocycles. The molecule has 0 aliphatic heterocycles. The average Bonchev–Trinajstić information content (AvgIpc) is 2.79. The van der Waals surface area contributed by atoms with E-state index in [0.717, 1.165) is 16.9 Å². The first-order chi connectivity index (χ1) is 10.8. The molecule has 0 fully saturated rings. The Morgan fingerprint density at radius 3 is 2.52 bits per heavy atom. The summed E-state index contributed by atoms with van der Waals surface area (Å²) in [5, 5.41) is 3.29. The molecule has 1 amide bonds. The molecule has 1 heterocycles. The van der Waals surface area contributed by atoms with Crippen LogP contribution in [0.1, 0.15) is 38.1 Å². The highest BCUT2D eigenvalue weighted by Crippen LogP contribution is 2.36. The number of anilines is 2. The van der Waals surface area contributed by atoms with Crippen LogP contribution in [0.3, 0.4) is 0 Å². The lowest BCUT2D eigenvalue weighted by atomic mass is 10.1. The summed E-state index contributed by atoms with van der Waals surface area (Å²) in [7, 11) is 1.32. The van der Waals surface area contributed by atoms with Gasteiger partial charge in [0.2, 0.25) is 0 Å². The summed E-state index contributed by atoms with van der Waals surface area (Å²) in [6.07, 6.45) is 0. The van der Waals surface area contributed by atoms with Crippen LogP contribution in [-0.2, 0) is 4.84 Å². The Morgan fingerprint density at radius 2 is 1.96 bits per heavy atom. The monoisotopic (exact) mass is 336 g/mol. The van der Waals surface area contributed by atoms with Gasteiger partial charge in [0.1, 0.15) is 10.8 Å². The highest BCUT2D eigenvalue weighted by Gasteiger charge is 2.23. The quantitative estimate of drug-likeness (QED) is 0.645. The number of hydrogen-bond acceptors (Lipinski definition) is 5. The number of Topliss-reactive ketones (excluding diaryl/α,β-unsaturated/α-hetero) is 1. The zero-order valence-corrected chi connectivity index (χ0v) is 14.1. The van der Waals surface area contributed by atoms with E-state index in [9.17, 15) is 14.0 Å². The van der Waals surface area contributed by atoms with Crippen molar-refractivity contribution >= 4 is 33.7 Å². The van der Waals surface area contributed by atoms with Crippen molar-refractivity contribution in [1.82, 2.24) is 5.48 Å². The second kappa shape index (κ2) is 6.89. The Labute approximate surface area is 137 Å². The Hall–Kier alpha value is -2.25. The van der Waals surface area contributed by atoms with Crippen molar-refractivity contribution in [3.8, 4) is 0 Å². The van der Waals surface area contributed by atoms with Crippen molar-refractivity contribution in [3.63, 3.8) is 0 Å². The van der Waals surface area contributed by atoms with Crippen molar-refractivity contribution in [3.05, 3.63) is 45.6 Å². The number of thiophene rings is 1. The lowest BCUT2D eigenvalue weighted by Gasteiger charge is -2.09. The predicted octanol–water partition coefficient (Wildman–Crippen LogP) is 3.74. The molecule has 0 aliphatic rings. The molecule has 0 saturated heterocycles. The van der Waals surface area contributed by atoms with E-state index >= 15 is 0 Å². The maximum atomic E-state index is 14.0. The number of ketones is 1. The fraction of sp³-hybridized carbons (Fsp3) is 0.250. The Balaban J connectivity index is 2.49. The Kier molecular flexibility index (Phi) is 5.12. The molecule has 23 heavy (non-hydrogen) atoms. The molecule has 0 atom stereocenters. The number of carbonyl (C=O) groups excluding carboxylic acids is 2. The molecule has 0 spiro atoms. The number of benzene rings is 1. The number of hydroxylamine groups is 1. The smallest absolute Gasteiger partial charge is 0.278 e. The highest BCUT2D eigenvalue weighted by molar-refractivity contribution is 7.18. The zero-order valence-electron chi connectivity index (χ0n) is 13.2. The predicted molar refractivity (Wildman–Crippen MR) is 88.0 cm³/mol. The minimum absolute atomic E-state index is 0.156. The number of amides is 1. The molecule has 0 saturated carbocycles. The van der Waals surface area contributed by atoms with Crippen LogP contribution in [0.4, 0.5) is 15.1 Å². The van der Waals surface area contributed by atoms with Crippen molar-refractivity contribution < 1.29 is 18.8 Å². The van der Waals surface area contributed by atoms with Crippen LogP contribution in [0.5, 0.6) is 0 Å². The topological polar surface area (TPSA) is 67.4 Å². The van der Waals surface area contributed by atoms with Crippen molar-refractivity contribution in [2.75, 3.05) is 12.4 Å². The van der Waals surface area contributed by atoms with Crippen LogP contribution >= 0.6 is 11.3 Å². The van der Waals surface area contributed by atoms with Crippen LogP contribution in [0.2, 0.25) is 0 Å². The van der Waals surface area contributed by atoms with E-state index in [1.807, 2.05) is 0 Å². The van der Waals surface area contributed by atoms with Crippen LogP contribution in [0.15, 0.2) is 18.2 Å². The zero-order chi connectivity index (χ0) is 17.1. The highest BCUT2D eigenvalue weighted by atomic mass is 32.1. The molecular weight excluding hydrogens is 319 g/mol. The summed E-state index contributed by atoms with van der Waals surface area (Å²) in [5.41, 5.74) is 4.05. The van der Waals surface area contributed by atoms with Gasteiger partial charge in [0.05, 0.1) is 23.2 Å². The number of hydrogen-bond donors (Lipinski definition) is 2. The summed E-state index contributed by atoms with van der Waals surface area (Å²) < 4.78 is 14.0. The van der Waals surface area contributed by atoms with Gasteiger partial charge in [-0.15, -0.1) is 11.3 Å². The lowest BCUT2D eigenvalue weighted by molar-refractivity contribution is 0.0538. The van der Waals surface area contributed by atoms with Gasteiger partial charge in [-0.3, -0.25) is 14.4 Å². The first-order valence-corrected chi connectivity index (χ1v) is 7.67. The molecule has 2 rings (SSSR count). The van der Waals surface area contributed by atoms with Crippen LogP contribution in [0, 0.1) is 19.7 Å². The standard InChI is InChI=1S/C16H17FN2O3S/c1-8-5-6-12(11(17)7-8)18-16-13(15(21)19-22-4)9(2)14(23-16)10(3)20/h5-7,18H,1-4H3,(H,19,21). The van der Waals surface area contributed by atoms with E-state index in [0.29, 0.717) is 15.4 Å². The van der Waals surface area contributed by atoms with E-state index < -0.39 is 11.7 Å². The normalized spacial score (nSPS) is 10.5. The molecule has 7 heteroatoms. The summed E-state index contributed by atoms with van der Waals surface area (Å²) >= 11 is 1.11. The number of rotatable bonds is 5. The molecule has 0 radical (unpaired) electrons. The van der Waals surface area contributed by atoms with Gasteiger partial charge >= 0.3 is 0 Å². The minimum Gasteiger partial charge on any atom is -0.344 e. The van der Waals surface area contributed by atoms with E-state index in [-0.39, 0.29) is 17.0 Å². The van der Waals surface area contributed by atoms with E-state index in [1.165, 1.54) is 20.1 Å². The summed E-state index contributed by atoms with van der Waals surface area (Å²) in [4.78, 5) is 29.0. The van der Waals surface area contributed by atoms with Crippen molar-refractivity contribution in [2.24, 2.45) is 0 Å². The summed E-state index contributed by atoms with van der Waals surface area (Å²) in [6.45, 7) is 4.88. The lowest BCUT2D eigenvalue weighted by Crippen LogP contribution is -2.23. The Morgan fingerprint density at radius 1 is 1.26 bits per heavy atom. The van der Waals surface area contributed by atoms with Crippen LogP contribution in [-0.4, -0.2) is 18.8 Å². The third kappa shape index (κ3) is 3.57. The summed E-state index contributed by atoms with van der Waals surface area (Å²) in [5.74, 6) is -1.08. The largest absolute Gasteiger partial charge is 0.344 e. The van der Waals surface area contributed by atoms with Gasteiger partial charge in [0.15, 0.2) is 5.78 Å². The molecule has 0 unspecified atom stereocenters. The Bertz CT molecular complexity index is 771. The fourth-order valence-corrected chi connectivity index (χ4v) is 3.31. The van der Waals surface area contributed by atoms with Gasteiger partial charge < -0.3 is 5.32 Å². The number of carbonyl (C=O) groups is 2. The molecule has 0 bridgehead atoms. The third-order valence-corrected chi connectivity index (χ3v) is 4.57. The van der Waals surface area contributed by atoms with Crippen LogP contribution < -0.4 is 10.8 Å². The second-order valence-electron chi connectivity index (χ2n) is 5.06. The van der Waals surface area contributed by atoms with Crippen molar-refractivity contribution in [1.29, 1.82) is 0 Å². The molecular formula is C16H17FN2O3S. The molecule has 2 N–H and O–H groups in total. The van der Waals surface area contributed by atoms with Gasteiger partial charge in [-0.25, -0.2) is 9.87 Å². The van der Waals surface area contributed by atoms with Gasteiger partial charge in [-0.1, -0.05) is 6.07 Å². The minimum atomic E-state index is -0.497. The third-order valence-electron chi connectivity index (χ3n) is 3.26. The number of halogens is 1. The average molecular weight is 336 g/mol. The van der Waals surface area contributed by atoms with E-state index in [2.05, 4.69) is 15.6 Å². The first kappa shape index (κ1) is 17.1. The van der Waals surface area contributed by atoms with Gasteiger partial charge in [0.25, 0.3) is 5.91 Å². The van der Waals surface area contributed by atoms with Gasteiger partial charge in [0, 0.05) is 0 Å². The molecule has 2 aromatic rings. The van der Waals surface area contributed by atoms with Gasteiger partial charge in [-0.2, -0.15) is 0 Å². The second-order valence-corrected chi connectivity index (χ2v) is 6.08.